The number of hydrogen-bond donors (Lipinski definition) is 2. The maximum Gasteiger partial charge on any atom is 0.490 e. The SMILES string of the molecule is NC(=O)c1cccnc1C1=CCCCC1.O=C(O)C(F)(F)F. The minimum atomic E-state index is -5.08. The first-order chi connectivity index (χ1) is 10.2. The number of carbonyl (C=O) groups is 2. The Kier molecular flexibility index (Phi) is 6.09. The minimum Gasteiger partial charge on any atom is -0.475 e. The zero-order valence-corrected chi connectivity index (χ0v) is 11.6. The number of alkyl halides is 3. The molecule has 1 aromatic heterocycles. The van der Waals surface area contributed by atoms with E-state index in [1.54, 1.807) is 18.3 Å². The molecule has 0 fully saturated rings. The van der Waals surface area contributed by atoms with Gasteiger partial charge in [-0.3, -0.25) is 9.78 Å². The molecular formula is C14H15F3N2O3. The van der Waals surface area contributed by atoms with Gasteiger partial charge < -0.3 is 10.8 Å². The van der Waals surface area contributed by atoms with Gasteiger partial charge in [0.05, 0.1) is 11.3 Å². The molecule has 1 heterocycles. The Balaban J connectivity index is 0.000000295. The van der Waals surface area contributed by atoms with Crippen molar-refractivity contribution in [2.24, 2.45) is 5.73 Å². The number of carboxylic acids is 1. The van der Waals surface area contributed by atoms with E-state index in [0.717, 1.165) is 24.1 Å². The molecule has 120 valence electrons. The predicted molar refractivity (Wildman–Crippen MR) is 72.9 cm³/mol. The van der Waals surface area contributed by atoms with E-state index in [1.807, 2.05) is 0 Å². The van der Waals surface area contributed by atoms with Crippen molar-refractivity contribution < 1.29 is 27.9 Å². The van der Waals surface area contributed by atoms with E-state index in [4.69, 9.17) is 15.6 Å². The molecule has 0 saturated heterocycles. The molecule has 0 unspecified atom stereocenters. The number of aromatic nitrogens is 1. The van der Waals surface area contributed by atoms with Gasteiger partial charge in [-0.25, -0.2) is 4.79 Å². The lowest BCUT2D eigenvalue weighted by atomic mass is 9.94. The topological polar surface area (TPSA) is 93.3 Å². The number of nitrogens with two attached hydrogens (primary N) is 1. The van der Waals surface area contributed by atoms with Gasteiger partial charge in [0.2, 0.25) is 0 Å². The summed E-state index contributed by atoms with van der Waals surface area (Å²) in [6.07, 6.45) is 3.25. The zero-order valence-electron chi connectivity index (χ0n) is 11.6. The molecule has 0 spiro atoms. The van der Waals surface area contributed by atoms with E-state index in [0.29, 0.717) is 5.56 Å². The molecule has 0 atom stereocenters. The molecule has 1 aliphatic carbocycles. The van der Waals surface area contributed by atoms with Crippen LogP contribution < -0.4 is 5.73 Å². The quantitative estimate of drug-likeness (QED) is 0.877. The summed E-state index contributed by atoms with van der Waals surface area (Å²) < 4.78 is 31.7. The summed E-state index contributed by atoms with van der Waals surface area (Å²) >= 11 is 0. The summed E-state index contributed by atoms with van der Waals surface area (Å²) in [6.45, 7) is 0. The average molecular weight is 316 g/mol. The first kappa shape index (κ1) is 17.7. The number of carbonyl (C=O) groups excluding carboxylic acids is 1. The lowest BCUT2D eigenvalue weighted by molar-refractivity contribution is -0.192. The molecule has 1 aromatic rings. The van der Waals surface area contributed by atoms with E-state index in [-0.39, 0.29) is 0 Å². The van der Waals surface area contributed by atoms with Crippen LogP contribution in [0.15, 0.2) is 24.4 Å². The van der Waals surface area contributed by atoms with Crippen molar-refractivity contribution in [1.29, 1.82) is 0 Å². The van der Waals surface area contributed by atoms with Gasteiger partial charge in [0.15, 0.2) is 0 Å². The highest BCUT2D eigenvalue weighted by Gasteiger charge is 2.38. The highest BCUT2D eigenvalue weighted by atomic mass is 19.4. The summed E-state index contributed by atoms with van der Waals surface area (Å²) in [5, 5.41) is 7.12. The summed E-state index contributed by atoms with van der Waals surface area (Å²) in [4.78, 5) is 24.4. The Hall–Kier alpha value is -2.38. The summed E-state index contributed by atoms with van der Waals surface area (Å²) in [6, 6.07) is 3.48. The first-order valence-corrected chi connectivity index (χ1v) is 6.48. The van der Waals surface area contributed by atoms with Crippen molar-refractivity contribution in [3.05, 3.63) is 35.7 Å². The van der Waals surface area contributed by atoms with Crippen LogP contribution in [0.3, 0.4) is 0 Å². The van der Waals surface area contributed by atoms with Gasteiger partial charge in [0, 0.05) is 6.20 Å². The Bertz CT molecular complexity index is 583. The van der Waals surface area contributed by atoms with Crippen molar-refractivity contribution in [2.45, 2.75) is 31.9 Å². The molecule has 1 aliphatic rings. The van der Waals surface area contributed by atoms with E-state index < -0.39 is 18.1 Å². The van der Waals surface area contributed by atoms with Gasteiger partial charge in [-0.15, -0.1) is 0 Å². The Morgan fingerprint density at radius 2 is 1.91 bits per heavy atom. The van der Waals surface area contributed by atoms with Crippen molar-refractivity contribution >= 4 is 17.4 Å². The second-order valence-corrected chi connectivity index (χ2v) is 4.54. The number of pyridine rings is 1. The fourth-order valence-corrected chi connectivity index (χ4v) is 1.91. The van der Waals surface area contributed by atoms with Crippen LogP contribution in [0.25, 0.3) is 5.57 Å². The molecule has 0 bridgehead atoms. The molecule has 22 heavy (non-hydrogen) atoms. The Labute approximate surface area is 124 Å². The highest BCUT2D eigenvalue weighted by Crippen LogP contribution is 2.27. The largest absolute Gasteiger partial charge is 0.490 e. The van der Waals surface area contributed by atoms with Crippen molar-refractivity contribution in [1.82, 2.24) is 4.98 Å². The van der Waals surface area contributed by atoms with Crippen molar-refractivity contribution in [2.75, 3.05) is 0 Å². The molecule has 5 nitrogen and oxygen atoms in total. The molecule has 0 radical (unpaired) electrons. The lowest BCUT2D eigenvalue weighted by Gasteiger charge is -2.13. The van der Waals surface area contributed by atoms with Gasteiger partial charge in [0.1, 0.15) is 0 Å². The minimum absolute atomic E-state index is 0.399. The molecule has 0 aliphatic heterocycles. The molecule has 2 rings (SSSR count). The third-order valence-corrected chi connectivity index (χ3v) is 2.91. The Morgan fingerprint density at radius 1 is 1.27 bits per heavy atom. The summed E-state index contributed by atoms with van der Waals surface area (Å²) in [5.74, 6) is -3.16. The number of aliphatic carboxylic acids is 1. The predicted octanol–water partition coefficient (Wildman–Crippen LogP) is 2.77. The average Bonchev–Trinajstić information content (AvgIpc) is 2.48. The summed E-state index contributed by atoms with van der Waals surface area (Å²) in [7, 11) is 0. The maximum atomic E-state index is 11.2. The van der Waals surface area contributed by atoms with Crippen LogP contribution in [0.1, 0.15) is 41.7 Å². The molecule has 3 N–H and O–H groups in total. The van der Waals surface area contributed by atoms with Crippen LogP contribution in [-0.2, 0) is 4.79 Å². The molecular weight excluding hydrogens is 301 g/mol. The fourth-order valence-electron chi connectivity index (χ4n) is 1.91. The standard InChI is InChI=1S/C12H14N2O.C2HF3O2/c13-12(15)10-7-4-8-14-11(10)9-5-2-1-3-6-9;3-2(4,5)1(6)7/h4-5,7-8H,1-3,6H2,(H2,13,15);(H,6,7). The van der Waals surface area contributed by atoms with Crippen LogP contribution in [0.5, 0.6) is 0 Å². The first-order valence-electron chi connectivity index (χ1n) is 6.48. The van der Waals surface area contributed by atoms with Crippen molar-refractivity contribution in [3.63, 3.8) is 0 Å². The Morgan fingerprint density at radius 3 is 2.36 bits per heavy atom. The molecule has 8 heteroatoms. The van der Waals surface area contributed by atoms with Gasteiger partial charge in [-0.1, -0.05) is 6.08 Å². The van der Waals surface area contributed by atoms with E-state index >= 15 is 0 Å². The van der Waals surface area contributed by atoms with E-state index in [1.165, 1.54) is 12.8 Å². The van der Waals surface area contributed by atoms with Crippen molar-refractivity contribution in [3.8, 4) is 0 Å². The molecule has 1 amide bonds. The highest BCUT2D eigenvalue weighted by molar-refractivity contribution is 5.97. The smallest absolute Gasteiger partial charge is 0.475 e. The van der Waals surface area contributed by atoms with Crippen LogP contribution >= 0.6 is 0 Å². The number of allylic oxidation sites excluding steroid dienone is 2. The number of halogens is 3. The fraction of sp³-hybridized carbons (Fsp3) is 0.357. The third kappa shape index (κ3) is 5.19. The lowest BCUT2D eigenvalue weighted by Crippen LogP contribution is -2.21. The van der Waals surface area contributed by atoms with Gasteiger partial charge in [0.25, 0.3) is 5.91 Å². The number of rotatable bonds is 2. The second kappa shape index (κ2) is 7.58. The molecule has 0 saturated carbocycles. The monoisotopic (exact) mass is 316 g/mol. The number of nitrogens with zero attached hydrogens (tertiary/aromatic N) is 1. The van der Waals surface area contributed by atoms with Gasteiger partial charge in [-0.2, -0.15) is 13.2 Å². The normalized spacial score (nSPS) is 14.4. The zero-order chi connectivity index (χ0) is 16.8. The number of amides is 1. The molecule has 0 aromatic carbocycles. The number of primary amides is 1. The van der Waals surface area contributed by atoms with E-state index in [9.17, 15) is 18.0 Å². The van der Waals surface area contributed by atoms with Gasteiger partial charge >= 0.3 is 12.1 Å². The van der Waals surface area contributed by atoms with Crippen LogP contribution in [-0.4, -0.2) is 28.1 Å². The summed E-state index contributed by atoms with van der Waals surface area (Å²) in [5.41, 5.74) is 7.78. The number of hydrogen-bond acceptors (Lipinski definition) is 3. The van der Waals surface area contributed by atoms with E-state index in [2.05, 4.69) is 11.1 Å². The third-order valence-electron chi connectivity index (χ3n) is 2.91. The van der Waals surface area contributed by atoms with Gasteiger partial charge in [-0.05, 0) is 43.4 Å². The van der Waals surface area contributed by atoms with Crippen LogP contribution in [0, 0.1) is 0 Å². The maximum absolute atomic E-state index is 11.2. The van der Waals surface area contributed by atoms with Crippen LogP contribution in [0.2, 0.25) is 0 Å². The number of carboxylic acid groups (broad SMARTS) is 1. The van der Waals surface area contributed by atoms with Crippen LogP contribution in [0.4, 0.5) is 13.2 Å². The second-order valence-electron chi connectivity index (χ2n) is 4.54.